The SMILES string of the molecule is [CH2-][C@@H]1C[C@H]2C(=O)N[C@]3(C(C)=O)C[C@H]3/C=C\CCCCC[C@H](NC)C(=O)N2C1.[CH3-].[Y]. The molecule has 0 aromatic heterocycles. The summed E-state index contributed by atoms with van der Waals surface area (Å²) < 4.78 is 0. The molecule has 2 heterocycles. The van der Waals surface area contributed by atoms with Crippen molar-refractivity contribution in [3.63, 3.8) is 0 Å². The molecule has 161 valence electrons. The van der Waals surface area contributed by atoms with E-state index in [4.69, 9.17) is 0 Å². The van der Waals surface area contributed by atoms with E-state index in [1.807, 2.05) is 0 Å². The third-order valence-electron chi connectivity index (χ3n) is 6.34. The minimum Gasteiger partial charge on any atom is -0.358 e. The van der Waals surface area contributed by atoms with Crippen LogP contribution in [0.3, 0.4) is 0 Å². The molecule has 5 atom stereocenters. The van der Waals surface area contributed by atoms with Crippen LogP contribution < -0.4 is 10.6 Å². The summed E-state index contributed by atoms with van der Waals surface area (Å²) in [5.41, 5.74) is -0.788. The molecule has 2 fully saturated rings. The zero-order valence-corrected chi connectivity index (χ0v) is 20.9. The molecule has 0 aromatic rings. The Morgan fingerprint density at radius 1 is 1.31 bits per heavy atom. The third-order valence-corrected chi connectivity index (χ3v) is 6.34. The molecule has 0 bridgehead atoms. The number of hydrogen-bond acceptors (Lipinski definition) is 4. The zero-order valence-electron chi connectivity index (χ0n) is 18.1. The van der Waals surface area contributed by atoms with Crippen molar-refractivity contribution in [1.82, 2.24) is 15.5 Å². The van der Waals surface area contributed by atoms with Crippen molar-refractivity contribution in [2.45, 2.75) is 69.5 Å². The smallest absolute Gasteiger partial charge is 0.243 e. The normalized spacial score (nSPS) is 36.2. The minimum atomic E-state index is -0.788. The van der Waals surface area contributed by atoms with Crippen LogP contribution in [0.2, 0.25) is 0 Å². The summed E-state index contributed by atoms with van der Waals surface area (Å²) in [6.45, 7) is 6.11. The van der Waals surface area contributed by atoms with E-state index in [9.17, 15) is 14.4 Å². The molecule has 1 saturated heterocycles. The minimum absolute atomic E-state index is 0. The van der Waals surface area contributed by atoms with Crippen LogP contribution in [0.15, 0.2) is 12.2 Å². The topological polar surface area (TPSA) is 78.5 Å². The van der Waals surface area contributed by atoms with Gasteiger partial charge in [0.15, 0.2) is 5.78 Å². The predicted octanol–water partition coefficient (Wildman–Crippen LogP) is 2.06. The van der Waals surface area contributed by atoms with Crippen LogP contribution in [0.4, 0.5) is 0 Å². The fourth-order valence-corrected chi connectivity index (χ4v) is 4.51. The number of ketones is 1. The Bertz CT molecular complexity index is 639. The Kier molecular flexibility index (Phi) is 10.2. The maximum atomic E-state index is 13.1. The molecule has 7 heteroatoms. The molecule has 2 N–H and O–H groups in total. The molecular weight excluding hydrogens is 443 g/mol. The van der Waals surface area contributed by atoms with E-state index in [1.165, 1.54) is 0 Å². The molecule has 2 aliphatic heterocycles. The van der Waals surface area contributed by atoms with Crippen molar-refractivity contribution >= 4 is 17.6 Å². The van der Waals surface area contributed by atoms with Crippen LogP contribution in [0, 0.1) is 26.2 Å². The number of likely N-dealkylation sites (N-methyl/N-ethyl adjacent to an activating group) is 1. The molecule has 3 rings (SSSR count). The Labute approximate surface area is 200 Å². The number of hydrogen-bond donors (Lipinski definition) is 2. The molecule has 0 aromatic carbocycles. The number of fused-ring (bicyclic) bond motifs is 2. The summed E-state index contributed by atoms with van der Waals surface area (Å²) in [7, 11) is 1.80. The molecule has 3 aliphatic rings. The first kappa shape index (κ1) is 26.4. The Hall–Kier alpha value is -0.586. The van der Waals surface area contributed by atoms with Crippen LogP contribution in [-0.4, -0.2) is 53.7 Å². The van der Waals surface area contributed by atoms with E-state index < -0.39 is 11.6 Å². The number of carbonyl (C=O) groups excluding carboxylic acids is 3. The molecule has 29 heavy (non-hydrogen) atoms. The predicted molar refractivity (Wildman–Crippen MR) is 110 cm³/mol. The molecule has 6 nitrogen and oxygen atoms in total. The van der Waals surface area contributed by atoms with Crippen LogP contribution in [0.1, 0.15) is 51.9 Å². The first-order valence-corrected chi connectivity index (χ1v) is 10.2. The van der Waals surface area contributed by atoms with E-state index in [0.29, 0.717) is 19.4 Å². The van der Waals surface area contributed by atoms with E-state index in [0.717, 1.165) is 32.1 Å². The van der Waals surface area contributed by atoms with Crippen molar-refractivity contribution in [3.05, 3.63) is 26.5 Å². The van der Waals surface area contributed by atoms with Gasteiger partial charge in [-0.25, -0.2) is 0 Å². The first-order valence-electron chi connectivity index (χ1n) is 10.2. The summed E-state index contributed by atoms with van der Waals surface area (Å²) in [6, 6.07) is -0.816. The second kappa shape index (κ2) is 11.2. The van der Waals surface area contributed by atoms with Gasteiger partial charge in [-0.15, -0.1) is 5.92 Å². The average molecular weight is 478 g/mol. The monoisotopic (exact) mass is 478 g/mol. The summed E-state index contributed by atoms with van der Waals surface area (Å²) in [5.74, 6) is -0.157. The largest absolute Gasteiger partial charge is 0.358 e. The van der Waals surface area contributed by atoms with Gasteiger partial charge in [0.1, 0.15) is 11.6 Å². The Balaban J connectivity index is 0.00000210. The molecule has 0 spiro atoms. The van der Waals surface area contributed by atoms with Gasteiger partial charge in [0.05, 0.1) is 6.04 Å². The van der Waals surface area contributed by atoms with Gasteiger partial charge in [-0.3, -0.25) is 14.4 Å². The maximum absolute atomic E-state index is 13.1. The second-order valence-corrected chi connectivity index (χ2v) is 8.34. The molecule has 2 amide bonds. The van der Waals surface area contributed by atoms with Crippen molar-refractivity contribution in [2.24, 2.45) is 11.8 Å². The molecule has 0 unspecified atom stereocenters. The van der Waals surface area contributed by atoms with Crippen molar-refractivity contribution < 1.29 is 47.1 Å². The summed E-state index contributed by atoms with van der Waals surface area (Å²) in [4.78, 5) is 40.1. The molecule has 1 aliphatic carbocycles. The number of allylic oxidation sites excluding steroid dienone is 1. The first-order chi connectivity index (χ1) is 12.9. The Morgan fingerprint density at radius 2 is 2.03 bits per heavy atom. The molecule has 1 radical (unpaired) electrons. The second-order valence-electron chi connectivity index (χ2n) is 8.34. The van der Waals surface area contributed by atoms with Gasteiger partial charge in [-0.2, -0.15) is 0 Å². The van der Waals surface area contributed by atoms with E-state index in [1.54, 1.807) is 18.9 Å². The molecular formula is C22H35N3O3Y-2. The molecule has 1 saturated carbocycles. The van der Waals surface area contributed by atoms with Crippen LogP contribution in [0.5, 0.6) is 0 Å². The number of nitrogens with zero attached hydrogens (tertiary/aromatic N) is 1. The van der Waals surface area contributed by atoms with E-state index >= 15 is 0 Å². The van der Waals surface area contributed by atoms with Gasteiger partial charge in [0, 0.05) is 38.6 Å². The third kappa shape index (κ3) is 5.77. The summed E-state index contributed by atoms with van der Waals surface area (Å²) in [6.07, 6.45) is 10.3. The number of carbonyl (C=O) groups is 3. The number of amides is 2. The van der Waals surface area contributed by atoms with Gasteiger partial charge in [0.2, 0.25) is 11.8 Å². The van der Waals surface area contributed by atoms with Crippen LogP contribution in [-0.2, 0) is 47.1 Å². The standard InChI is InChI=1S/C21H32N3O3.CH3.Y/c1-14-11-18-19(26)23-21(15(2)25)12-16(21)9-7-5-4-6-8-10-17(22-3)20(27)24(18)13-14;;/h7,9,14,16-18,22H,1,4-6,8,10-13H2,2-3H3,(H,23,26);1H3;/q2*-1;/b9-7-;;/t14-,16-,17+,18+,21+;;/m1../s1. The summed E-state index contributed by atoms with van der Waals surface area (Å²) in [5, 5.41) is 6.12. The zero-order chi connectivity index (χ0) is 19.6. The van der Waals surface area contributed by atoms with Crippen molar-refractivity contribution in [2.75, 3.05) is 13.6 Å². The van der Waals surface area contributed by atoms with E-state index in [-0.39, 0.29) is 75.6 Å². The number of rotatable bonds is 2. The Morgan fingerprint density at radius 3 is 2.69 bits per heavy atom. The number of nitrogens with one attached hydrogen (secondary N) is 2. The van der Waals surface area contributed by atoms with Crippen molar-refractivity contribution in [1.29, 1.82) is 0 Å². The van der Waals surface area contributed by atoms with Gasteiger partial charge < -0.3 is 29.9 Å². The maximum Gasteiger partial charge on any atom is 0.243 e. The van der Waals surface area contributed by atoms with Gasteiger partial charge in [0.25, 0.3) is 0 Å². The average Bonchev–Trinajstić information content (AvgIpc) is 3.18. The fraction of sp³-hybridized carbons (Fsp3) is 0.682. The number of Topliss-reactive ketones (excluding diaryl/α,β-unsaturated/α-hetero) is 1. The van der Waals surface area contributed by atoms with E-state index in [2.05, 4.69) is 29.7 Å². The fourth-order valence-electron chi connectivity index (χ4n) is 4.51. The van der Waals surface area contributed by atoms with Crippen molar-refractivity contribution in [3.8, 4) is 0 Å². The quantitative estimate of drug-likeness (QED) is 0.471. The van der Waals surface area contributed by atoms with Gasteiger partial charge >= 0.3 is 0 Å². The van der Waals surface area contributed by atoms with Crippen LogP contribution >= 0.6 is 0 Å². The summed E-state index contributed by atoms with van der Waals surface area (Å²) >= 11 is 0. The van der Waals surface area contributed by atoms with Crippen LogP contribution in [0.25, 0.3) is 0 Å². The van der Waals surface area contributed by atoms with Gasteiger partial charge in [-0.1, -0.05) is 25.0 Å². The van der Waals surface area contributed by atoms with Gasteiger partial charge in [-0.05, 0) is 52.6 Å².